The van der Waals surface area contributed by atoms with Crippen LogP contribution >= 0.6 is 0 Å². The number of aromatic amines is 1. The summed E-state index contributed by atoms with van der Waals surface area (Å²) >= 11 is 0. The summed E-state index contributed by atoms with van der Waals surface area (Å²) in [5.41, 5.74) is 6.19. The number of nitro groups is 1. The Balaban J connectivity index is 1.96. The molecule has 0 saturated heterocycles. The zero-order valence-corrected chi connectivity index (χ0v) is 11.6. The maximum atomic E-state index is 11.4. The van der Waals surface area contributed by atoms with Crippen LogP contribution in [0.1, 0.15) is 12.1 Å². The van der Waals surface area contributed by atoms with Crippen molar-refractivity contribution in [2.75, 3.05) is 11.7 Å². The van der Waals surface area contributed by atoms with Gasteiger partial charge in [-0.25, -0.2) is 9.78 Å². The van der Waals surface area contributed by atoms with Gasteiger partial charge in [0.25, 0.3) is 5.69 Å². The molecule has 3 N–H and O–H groups in total. The minimum Gasteiger partial charge on any atom is -0.351 e. The Hall–Kier alpha value is -2.94. The summed E-state index contributed by atoms with van der Waals surface area (Å²) in [6.45, 7) is 0.221. The van der Waals surface area contributed by atoms with Crippen molar-refractivity contribution in [1.29, 1.82) is 0 Å². The quantitative estimate of drug-likeness (QED) is 0.457. The number of hydrogen-bond acceptors (Lipinski definition) is 5. The molecule has 0 bridgehead atoms. The SMILES string of the molecule is NC(=O)N(OCCCc1c[nH]cn1)c1cccc([N+](=O)[O-])c1. The Morgan fingerprint density at radius 2 is 2.32 bits per heavy atom. The molecule has 0 unspecified atom stereocenters. The Labute approximate surface area is 125 Å². The van der Waals surface area contributed by atoms with Crippen molar-refractivity contribution < 1.29 is 14.6 Å². The number of imidazole rings is 1. The van der Waals surface area contributed by atoms with E-state index in [0.29, 0.717) is 12.8 Å². The van der Waals surface area contributed by atoms with Gasteiger partial charge in [0.1, 0.15) is 0 Å². The lowest BCUT2D eigenvalue weighted by molar-refractivity contribution is -0.384. The lowest BCUT2D eigenvalue weighted by Gasteiger charge is -2.19. The first-order valence-corrected chi connectivity index (χ1v) is 6.52. The Morgan fingerprint density at radius 3 is 2.95 bits per heavy atom. The summed E-state index contributed by atoms with van der Waals surface area (Å²) in [7, 11) is 0. The zero-order chi connectivity index (χ0) is 15.9. The number of nitro benzene ring substituents is 1. The van der Waals surface area contributed by atoms with Gasteiger partial charge in [-0.15, -0.1) is 0 Å². The van der Waals surface area contributed by atoms with Crippen LogP contribution in [-0.2, 0) is 11.3 Å². The van der Waals surface area contributed by atoms with Gasteiger partial charge in [-0.05, 0) is 18.9 Å². The van der Waals surface area contributed by atoms with Gasteiger partial charge >= 0.3 is 6.03 Å². The number of nitrogens with two attached hydrogens (primary N) is 1. The predicted octanol–water partition coefficient (Wildman–Crippen LogP) is 1.77. The van der Waals surface area contributed by atoms with E-state index in [0.717, 1.165) is 10.8 Å². The maximum absolute atomic E-state index is 11.4. The number of H-pyrrole nitrogens is 1. The number of non-ortho nitro benzene ring substituents is 1. The van der Waals surface area contributed by atoms with Crippen LogP contribution in [0.25, 0.3) is 0 Å². The summed E-state index contributed by atoms with van der Waals surface area (Å²) < 4.78 is 0. The monoisotopic (exact) mass is 305 g/mol. The van der Waals surface area contributed by atoms with Crippen molar-refractivity contribution in [3.05, 3.63) is 52.6 Å². The van der Waals surface area contributed by atoms with E-state index < -0.39 is 11.0 Å². The van der Waals surface area contributed by atoms with Crippen LogP contribution in [0.15, 0.2) is 36.8 Å². The molecule has 2 amide bonds. The first-order valence-electron chi connectivity index (χ1n) is 6.52. The molecule has 0 spiro atoms. The maximum Gasteiger partial charge on any atom is 0.343 e. The van der Waals surface area contributed by atoms with Crippen molar-refractivity contribution in [3.8, 4) is 0 Å². The van der Waals surface area contributed by atoms with Crippen molar-refractivity contribution >= 4 is 17.4 Å². The Morgan fingerprint density at radius 1 is 1.50 bits per heavy atom. The number of nitrogens with zero attached hydrogens (tertiary/aromatic N) is 3. The number of amides is 2. The molecule has 0 aliphatic rings. The van der Waals surface area contributed by atoms with Crippen molar-refractivity contribution in [3.63, 3.8) is 0 Å². The predicted molar refractivity (Wildman–Crippen MR) is 78.0 cm³/mol. The number of urea groups is 1. The number of rotatable bonds is 7. The van der Waals surface area contributed by atoms with Gasteiger partial charge in [0.05, 0.1) is 29.2 Å². The van der Waals surface area contributed by atoms with Crippen LogP contribution in [-0.4, -0.2) is 27.5 Å². The summed E-state index contributed by atoms with van der Waals surface area (Å²) in [5.74, 6) is 0. The van der Waals surface area contributed by atoms with E-state index in [9.17, 15) is 14.9 Å². The smallest absolute Gasteiger partial charge is 0.343 e. The zero-order valence-electron chi connectivity index (χ0n) is 11.6. The first kappa shape index (κ1) is 15.4. The van der Waals surface area contributed by atoms with Crippen LogP contribution < -0.4 is 10.8 Å². The highest BCUT2D eigenvalue weighted by Crippen LogP contribution is 2.21. The summed E-state index contributed by atoms with van der Waals surface area (Å²) in [4.78, 5) is 33.9. The molecule has 9 heteroatoms. The molecular formula is C13H15N5O4. The molecule has 2 rings (SSSR count). The minimum atomic E-state index is -0.847. The van der Waals surface area contributed by atoms with Crippen molar-refractivity contribution in [2.45, 2.75) is 12.8 Å². The molecule has 0 atom stereocenters. The molecule has 22 heavy (non-hydrogen) atoms. The summed E-state index contributed by atoms with van der Waals surface area (Å²) in [5, 5.41) is 11.6. The topological polar surface area (TPSA) is 127 Å². The van der Waals surface area contributed by atoms with Gasteiger partial charge in [-0.3, -0.25) is 15.0 Å². The standard InChI is InChI=1S/C13H15N5O4/c14-13(19)17(11-4-1-5-12(7-11)18(20)21)22-6-2-3-10-8-15-9-16-10/h1,4-5,7-9H,2-3,6H2,(H2,14,19)(H,15,16). The number of carbonyl (C=O) groups is 1. The molecule has 116 valence electrons. The molecule has 1 aromatic carbocycles. The number of benzene rings is 1. The van der Waals surface area contributed by atoms with Gasteiger partial charge < -0.3 is 10.7 Å². The van der Waals surface area contributed by atoms with Crippen LogP contribution in [0, 0.1) is 10.1 Å². The Bertz CT molecular complexity index is 644. The molecular weight excluding hydrogens is 290 g/mol. The van der Waals surface area contributed by atoms with E-state index in [2.05, 4.69) is 9.97 Å². The highest BCUT2D eigenvalue weighted by Gasteiger charge is 2.16. The van der Waals surface area contributed by atoms with Gasteiger partial charge in [0.15, 0.2) is 0 Å². The molecule has 2 aromatic rings. The molecule has 1 aromatic heterocycles. The molecule has 0 saturated carbocycles. The van der Waals surface area contributed by atoms with Gasteiger partial charge in [0, 0.05) is 18.3 Å². The van der Waals surface area contributed by atoms with Crippen LogP contribution in [0.5, 0.6) is 0 Å². The van der Waals surface area contributed by atoms with Gasteiger partial charge in [-0.1, -0.05) is 6.07 Å². The van der Waals surface area contributed by atoms with Gasteiger partial charge in [-0.2, -0.15) is 5.06 Å². The van der Waals surface area contributed by atoms with E-state index in [1.54, 1.807) is 12.5 Å². The third kappa shape index (κ3) is 4.03. The number of nitrogens with one attached hydrogen (secondary N) is 1. The number of aryl methyl sites for hydroxylation is 1. The van der Waals surface area contributed by atoms with E-state index in [1.165, 1.54) is 24.3 Å². The van der Waals surface area contributed by atoms with Crippen molar-refractivity contribution in [1.82, 2.24) is 9.97 Å². The number of primary amides is 1. The molecule has 9 nitrogen and oxygen atoms in total. The third-order valence-corrected chi connectivity index (χ3v) is 2.83. The van der Waals surface area contributed by atoms with E-state index >= 15 is 0 Å². The second-order valence-corrected chi connectivity index (χ2v) is 4.41. The molecule has 0 radical (unpaired) electrons. The highest BCUT2D eigenvalue weighted by atomic mass is 16.7. The highest BCUT2D eigenvalue weighted by molar-refractivity contribution is 5.88. The molecule has 0 aliphatic carbocycles. The number of anilines is 1. The minimum absolute atomic E-state index is 0.149. The fraction of sp³-hybridized carbons (Fsp3) is 0.231. The number of hydroxylamine groups is 1. The van der Waals surface area contributed by atoms with Crippen LogP contribution in [0.4, 0.5) is 16.2 Å². The van der Waals surface area contributed by atoms with E-state index in [-0.39, 0.29) is 18.0 Å². The first-order chi connectivity index (χ1) is 10.6. The lowest BCUT2D eigenvalue weighted by atomic mass is 10.2. The van der Waals surface area contributed by atoms with E-state index in [1.807, 2.05) is 0 Å². The normalized spacial score (nSPS) is 10.4. The van der Waals surface area contributed by atoms with Crippen LogP contribution in [0.3, 0.4) is 0 Å². The third-order valence-electron chi connectivity index (χ3n) is 2.83. The largest absolute Gasteiger partial charge is 0.351 e. The number of aromatic nitrogens is 2. The fourth-order valence-corrected chi connectivity index (χ4v) is 1.84. The molecule has 1 heterocycles. The average molecular weight is 305 g/mol. The van der Waals surface area contributed by atoms with E-state index in [4.69, 9.17) is 10.6 Å². The molecule has 0 aliphatic heterocycles. The Kier molecular flexibility index (Phi) is 5.04. The second kappa shape index (κ2) is 7.18. The summed E-state index contributed by atoms with van der Waals surface area (Å²) in [6, 6.07) is 4.65. The fourth-order valence-electron chi connectivity index (χ4n) is 1.84. The average Bonchev–Trinajstić information content (AvgIpc) is 3.00. The van der Waals surface area contributed by atoms with Gasteiger partial charge in [0.2, 0.25) is 0 Å². The van der Waals surface area contributed by atoms with Crippen molar-refractivity contribution in [2.24, 2.45) is 5.73 Å². The molecule has 0 fully saturated rings. The number of hydrogen-bond donors (Lipinski definition) is 2. The lowest BCUT2D eigenvalue weighted by Crippen LogP contribution is -2.36. The second-order valence-electron chi connectivity index (χ2n) is 4.41. The summed E-state index contributed by atoms with van der Waals surface area (Å²) in [6.07, 6.45) is 4.63. The van der Waals surface area contributed by atoms with Crippen LogP contribution in [0.2, 0.25) is 0 Å². The number of carbonyl (C=O) groups excluding carboxylic acids is 1.